The molecule has 0 unspecified atom stereocenters. The Morgan fingerprint density at radius 1 is 1.00 bits per heavy atom. The predicted molar refractivity (Wildman–Crippen MR) is 105 cm³/mol. The second kappa shape index (κ2) is 8.13. The van der Waals surface area contributed by atoms with Crippen molar-refractivity contribution in [1.29, 1.82) is 0 Å². The molecule has 1 amide bonds. The summed E-state index contributed by atoms with van der Waals surface area (Å²) in [4.78, 5) is 26.8. The standard InChI is InChI=1S/C23H25NO2/c1-17-8-9-18(2)21(16-17)22(25)10-11-23(26)24-14-12-20(13-15-24)19-6-4-3-5-7-19/h3-9,12,16H,10-11,13-15H2,1-2H3. The molecule has 134 valence electrons. The van der Waals surface area contributed by atoms with Crippen LogP contribution < -0.4 is 0 Å². The van der Waals surface area contributed by atoms with Crippen LogP contribution in [0, 0.1) is 13.8 Å². The molecule has 1 aliphatic rings. The number of hydrogen-bond donors (Lipinski definition) is 0. The predicted octanol–water partition coefficient (Wildman–Crippen LogP) is 4.58. The molecule has 0 radical (unpaired) electrons. The third-order valence-corrected chi connectivity index (χ3v) is 4.97. The molecular weight excluding hydrogens is 322 g/mol. The number of hydrogen-bond acceptors (Lipinski definition) is 2. The summed E-state index contributed by atoms with van der Waals surface area (Å²) >= 11 is 0. The number of carbonyl (C=O) groups is 2. The third kappa shape index (κ3) is 4.29. The van der Waals surface area contributed by atoms with E-state index in [2.05, 4.69) is 18.2 Å². The normalized spacial score (nSPS) is 14.1. The second-order valence-electron chi connectivity index (χ2n) is 6.93. The summed E-state index contributed by atoms with van der Waals surface area (Å²) in [7, 11) is 0. The van der Waals surface area contributed by atoms with Crippen LogP contribution >= 0.6 is 0 Å². The number of benzene rings is 2. The topological polar surface area (TPSA) is 37.4 Å². The highest BCUT2D eigenvalue weighted by atomic mass is 16.2. The minimum Gasteiger partial charge on any atom is -0.339 e. The van der Waals surface area contributed by atoms with Crippen molar-refractivity contribution in [2.45, 2.75) is 33.1 Å². The molecule has 0 aromatic heterocycles. The summed E-state index contributed by atoms with van der Waals surface area (Å²) < 4.78 is 0. The average Bonchev–Trinajstić information content (AvgIpc) is 2.68. The van der Waals surface area contributed by atoms with Gasteiger partial charge >= 0.3 is 0 Å². The fourth-order valence-electron chi connectivity index (χ4n) is 3.36. The van der Waals surface area contributed by atoms with Crippen molar-refractivity contribution in [3.05, 3.63) is 76.9 Å². The monoisotopic (exact) mass is 347 g/mol. The Morgan fingerprint density at radius 3 is 2.46 bits per heavy atom. The first-order valence-corrected chi connectivity index (χ1v) is 9.17. The van der Waals surface area contributed by atoms with Crippen molar-refractivity contribution < 1.29 is 9.59 Å². The molecule has 3 rings (SSSR count). The number of carbonyl (C=O) groups excluding carboxylic acids is 2. The maximum absolute atomic E-state index is 12.5. The molecule has 0 bridgehead atoms. The Labute approximate surface area is 155 Å². The van der Waals surface area contributed by atoms with Gasteiger partial charge in [-0.25, -0.2) is 0 Å². The van der Waals surface area contributed by atoms with Gasteiger partial charge in [0.2, 0.25) is 5.91 Å². The van der Waals surface area contributed by atoms with Gasteiger partial charge in [0.25, 0.3) is 0 Å². The lowest BCUT2D eigenvalue weighted by atomic mass is 9.98. The lowest BCUT2D eigenvalue weighted by Crippen LogP contribution is -2.34. The Balaban J connectivity index is 1.55. The second-order valence-corrected chi connectivity index (χ2v) is 6.93. The van der Waals surface area contributed by atoms with Gasteiger partial charge < -0.3 is 4.90 Å². The molecule has 0 saturated heterocycles. The van der Waals surface area contributed by atoms with Crippen molar-refractivity contribution in [3.8, 4) is 0 Å². The van der Waals surface area contributed by atoms with E-state index in [0.29, 0.717) is 6.54 Å². The first-order chi connectivity index (χ1) is 12.5. The van der Waals surface area contributed by atoms with Crippen LogP contribution in [-0.2, 0) is 4.79 Å². The first kappa shape index (κ1) is 18.1. The number of aryl methyl sites for hydroxylation is 2. The van der Waals surface area contributed by atoms with E-state index in [1.165, 1.54) is 11.1 Å². The lowest BCUT2D eigenvalue weighted by Gasteiger charge is -2.26. The Kier molecular flexibility index (Phi) is 5.67. The molecule has 0 atom stereocenters. The van der Waals surface area contributed by atoms with E-state index in [4.69, 9.17) is 0 Å². The van der Waals surface area contributed by atoms with Crippen molar-refractivity contribution in [1.82, 2.24) is 4.90 Å². The first-order valence-electron chi connectivity index (χ1n) is 9.17. The molecule has 26 heavy (non-hydrogen) atoms. The highest BCUT2D eigenvalue weighted by Gasteiger charge is 2.19. The summed E-state index contributed by atoms with van der Waals surface area (Å²) in [6.07, 6.45) is 3.54. The van der Waals surface area contributed by atoms with E-state index in [-0.39, 0.29) is 24.5 Å². The quantitative estimate of drug-likeness (QED) is 0.742. The minimum absolute atomic E-state index is 0.0528. The molecule has 1 heterocycles. The Bertz CT molecular complexity index is 837. The molecule has 0 N–H and O–H groups in total. The van der Waals surface area contributed by atoms with Gasteiger partial charge in [-0.3, -0.25) is 9.59 Å². The van der Waals surface area contributed by atoms with Gasteiger partial charge in [0.05, 0.1) is 0 Å². The maximum Gasteiger partial charge on any atom is 0.223 e. The fourth-order valence-corrected chi connectivity index (χ4v) is 3.36. The van der Waals surface area contributed by atoms with Crippen LogP contribution in [0.25, 0.3) is 5.57 Å². The smallest absolute Gasteiger partial charge is 0.223 e. The summed E-state index contributed by atoms with van der Waals surface area (Å²) in [5.41, 5.74) is 5.30. The zero-order chi connectivity index (χ0) is 18.5. The number of ketones is 1. The van der Waals surface area contributed by atoms with E-state index in [9.17, 15) is 9.59 Å². The van der Waals surface area contributed by atoms with E-state index in [0.717, 1.165) is 29.7 Å². The van der Waals surface area contributed by atoms with Crippen LogP contribution in [0.1, 0.15) is 46.3 Å². The van der Waals surface area contributed by atoms with Gasteiger partial charge in [0, 0.05) is 31.5 Å². The van der Waals surface area contributed by atoms with Gasteiger partial charge in [-0.05, 0) is 43.0 Å². The molecule has 0 saturated carbocycles. The van der Waals surface area contributed by atoms with Gasteiger partial charge in [0.15, 0.2) is 5.78 Å². The third-order valence-electron chi connectivity index (χ3n) is 4.97. The van der Waals surface area contributed by atoms with E-state index in [1.54, 1.807) is 0 Å². The zero-order valence-corrected chi connectivity index (χ0v) is 15.5. The van der Waals surface area contributed by atoms with Gasteiger partial charge in [-0.15, -0.1) is 0 Å². The number of nitrogens with zero attached hydrogens (tertiary/aromatic N) is 1. The van der Waals surface area contributed by atoms with Crippen molar-refractivity contribution >= 4 is 17.3 Å². The van der Waals surface area contributed by atoms with Crippen molar-refractivity contribution in [3.63, 3.8) is 0 Å². The fraction of sp³-hybridized carbons (Fsp3) is 0.304. The molecule has 1 aliphatic heterocycles. The summed E-state index contributed by atoms with van der Waals surface area (Å²) in [6, 6.07) is 16.2. The Hall–Kier alpha value is -2.68. The van der Waals surface area contributed by atoms with Crippen LogP contribution in [0.15, 0.2) is 54.6 Å². The molecule has 2 aromatic carbocycles. The molecule has 2 aromatic rings. The van der Waals surface area contributed by atoms with Gasteiger partial charge in [-0.2, -0.15) is 0 Å². The number of rotatable bonds is 5. The van der Waals surface area contributed by atoms with E-state index < -0.39 is 0 Å². The molecule has 3 nitrogen and oxygen atoms in total. The zero-order valence-electron chi connectivity index (χ0n) is 15.5. The molecule has 3 heteroatoms. The summed E-state index contributed by atoms with van der Waals surface area (Å²) in [6.45, 7) is 5.26. The van der Waals surface area contributed by atoms with E-state index in [1.807, 2.05) is 55.1 Å². The Morgan fingerprint density at radius 2 is 1.77 bits per heavy atom. The highest BCUT2D eigenvalue weighted by molar-refractivity contribution is 5.99. The van der Waals surface area contributed by atoms with Crippen LogP contribution in [0.5, 0.6) is 0 Å². The van der Waals surface area contributed by atoms with Gasteiger partial charge in [0.1, 0.15) is 0 Å². The summed E-state index contributed by atoms with van der Waals surface area (Å²) in [5, 5.41) is 0. The lowest BCUT2D eigenvalue weighted by molar-refractivity contribution is -0.130. The highest BCUT2D eigenvalue weighted by Crippen LogP contribution is 2.22. The van der Waals surface area contributed by atoms with Crippen LogP contribution in [-0.4, -0.2) is 29.7 Å². The van der Waals surface area contributed by atoms with Crippen molar-refractivity contribution in [2.24, 2.45) is 0 Å². The average molecular weight is 347 g/mol. The summed E-state index contributed by atoms with van der Waals surface area (Å²) in [5.74, 6) is 0.115. The number of Topliss-reactive ketones (excluding diaryl/α,β-unsaturated/α-hetero) is 1. The minimum atomic E-state index is 0.0528. The SMILES string of the molecule is Cc1ccc(C)c(C(=O)CCC(=O)N2CC=C(c3ccccc3)CC2)c1. The molecule has 0 spiro atoms. The van der Waals surface area contributed by atoms with Crippen LogP contribution in [0.2, 0.25) is 0 Å². The molecular formula is C23H25NO2. The van der Waals surface area contributed by atoms with Crippen molar-refractivity contribution in [2.75, 3.05) is 13.1 Å². The maximum atomic E-state index is 12.5. The largest absolute Gasteiger partial charge is 0.339 e. The van der Waals surface area contributed by atoms with Gasteiger partial charge in [-0.1, -0.05) is 54.1 Å². The molecule has 0 fully saturated rings. The van der Waals surface area contributed by atoms with Crippen LogP contribution in [0.3, 0.4) is 0 Å². The van der Waals surface area contributed by atoms with E-state index >= 15 is 0 Å². The number of amides is 1. The molecule has 0 aliphatic carbocycles. The van der Waals surface area contributed by atoms with Crippen LogP contribution in [0.4, 0.5) is 0 Å².